The molecule has 0 saturated heterocycles. The van der Waals surface area contributed by atoms with Gasteiger partial charge in [0.2, 0.25) is 6.04 Å². The second-order valence-corrected chi connectivity index (χ2v) is 7.87. The van der Waals surface area contributed by atoms with Crippen molar-refractivity contribution in [3.05, 3.63) is 46.0 Å². The van der Waals surface area contributed by atoms with Crippen LogP contribution in [-0.4, -0.2) is 35.1 Å². The first-order chi connectivity index (χ1) is 13.0. The summed E-state index contributed by atoms with van der Waals surface area (Å²) in [4.78, 5) is 37.3. The monoisotopic (exact) mass is 393 g/mol. The van der Waals surface area contributed by atoms with Gasteiger partial charge in [-0.1, -0.05) is 44.2 Å². The molecule has 0 heterocycles. The number of benzene rings is 1. The molecule has 7 heteroatoms. The van der Waals surface area contributed by atoms with Crippen molar-refractivity contribution in [2.24, 2.45) is 11.8 Å². The van der Waals surface area contributed by atoms with Gasteiger partial charge in [-0.25, -0.2) is 0 Å². The molecule has 1 aromatic rings. The van der Waals surface area contributed by atoms with Crippen LogP contribution in [0, 0.1) is 22.0 Å². The van der Waals surface area contributed by atoms with Crippen molar-refractivity contribution in [1.29, 1.82) is 0 Å². The third kappa shape index (κ3) is 6.94. The Morgan fingerprint density at radius 3 is 1.75 bits per heavy atom. The highest BCUT2D eigenvalue weighted by Gasteiger charge is 2.48. The van der Waals surface area contributed by atoms with E-state index in [9.17, 15) is 19.7 Å². The Kier molecular flexibility index (Phi) is 9.09. The highest BCUT2D eigenvalue weighted by molar-refractivity contribution is 5.96. The van der Waals surface area contributed by atoms with Crippen LogP contribution in [0.1, 0.15) is 59.4 Å². The predicted molar refractivity (Wildman–Crippen MR) is 105 cm³/mol. The second-order valence-electron chi connectivity index (χ2n) is 7.87. The largest absolute Gasteiger partial charge is 0.462 e. The lowest BCUT2D eigenvalue weighted by molar-refractivity contribution is -0.530. The van der Waals surface area contributed by atoms with Crippen molar-refractivity contribution in [3.63, 3.8) is 0 Å². The van der Waals surface area contributed by atoms with Crippen molar-refractivity contribution in [3.8, 4) is 0 Å². The first-order valence-corrected chi connectivity index (χ1v) is 9.64. The van der Waals surface area contributed by atoms with E-state index in [0.29, 0.717) is 5.56 Å². The molecule has 1 rings (SSSR count). The summed E-state index contributed by atoms with van der Waals surface area (Å²) in [5.41, 5.74) is 0.538. The normalized spacial score (nSPS) is 13.6. The fourth-order valence-corrected chi connectivity index (χ4v) is 3.16. The molecule has 0 bridgehead atoms. The molecule has 0 saturated carbocycles. The first kappa shape index (κ1) is 23.6. The number of rotatable bonds is 10. The van der Waals surface area contributed by atoms with E-state index in [0.717, 1.165) is 0 Å². The average Bonchev–Trinajstić information content (AvgIpc) is 2.56. The molecule has 156 valence electrons. The number of hydrogen-bond acceptors (Lipinski definition) is 6. The summed E-state index contributed by atoms with van der Waals surface area (Å²) in [5, 5.41) is 11.9. The van der Waals surface area contributed by atoms with Crippen LogP contribution in [0.5, 0.6) is 0 Å². The van der Waals surface area contributed by atoms with E-state index in [2.05, 4.69) is 0 Å². The zero-order chi connectivity index (χ0) is 21.4. The van der Waals surface area contributed by atoms with E-state index in [1.807, 2.05) is 13.8 Å². The first-order valence-electron chi connectivity index (χ1n) is 9.64. The second kappa shape index (κ2) is 10.8. The molecule has 0 aliphatic rings. The Morgan fingerprint density at radius 2 is 1.39 bits per heavy atom. The molecule has 0 spiro atoms. The van der Waals surface area contributed by atoms with E-state index in [4.69, 9.17) is 9.47 Å². The van der Waals surface area contributed by atoms with E-state index in [1.54, 1.807) is 58.0 Å². The number of carbonyl (C=O) groups is 2. The van der Waals surface area contributed by atoms with Crippen molar-refractivity contribution in [1.82, 2.24) is 0 Å². The standard InChI is InChI=1S/C21H31NO6/c1-13(2)12-17(22(25)26)18(16-10-8-7-9-11-16)19(20(23)27-14(3)4)21(24)28-15(5)6/h7-11,13-15,17-19H,12H2,1-6H3. The van der Waals surface area contributed by atoms with Gasteiger partial charge in [0, 0.05) is 11.3 Å². The summed E-state index contributed by atoms with van der Waals surface area (Å²) in [5.74, 6) is -4.00. The van der Waals surface area contributed by atoms with Gasteiger partial charge < -0.3 is 9.47 Å². The summed E-state index contributed by atoms with van der Waals surface area (Å²) in [7, 11) is 0. The SMILES string of the molecule is CC(C)CC(C(c1ccccc1)C(C(=O)OC(C)C)C(=O)OC(C)C)[N+](=O)[O-]. The molecule has 0 aromatic heterocycles. The average molecular weight is 393 g/mol. The van der Waals surface area contributed by atoms with Gasteiger partial charge in [-0.05, 0) is 39.2 Å². The minimum absolute atomic E-state index is 0.00417. The Balaban J connectivity index is 3.53. The Bertz CT molecular complexity index is 634. The van der Waals surface area contributed by atoms with E-state index < -0.39 is 46.9 Å². The molecular formula is C21H31NO6. The molecular weight excluding hydrogens is 362 g/mol. The van der Waals surface area contributed by atoms with E-state index in [-0.39, 0.29) is 12.3 Å². The van der Waals surface area contributed by atoms with Gasteiger partial charge in [-0.3, -0.25) is 19.7 Å². The van der Waals surface area contributed by atoms with Gasteiger partial charge in [0.15, 0.2) is 5.92 Å². The molecule has 0 radical (unpaired) electrons. The maximum atomic E-state index is 12.9. The molecule has 0 fully saturated rings. The lowest BCUT2D eigenvalue weighted by Gasteiger charge is -2.29. The van der Waals surface area contributed by atoms with Gasteiger partial charge in [0.05, 0.1) is 18.1 Å². The maximum Gasteiger partial charge on any atom is 0.321 e. The minimum atomic E-state index is -1.42. The smallest absolute Gasteiger partial charge is 0.321 e. The molecule has 2 unspecified atom stereocenters. The lowest BCUT2D eigenvalue weighted by Crippen LogP contribution is -2.43. The van der Waals surface area contributed by atoms with Crippen LogP contribution in [-0.2, 0) is 19.1 Å². The van der Waals surface area contributed by atoms with Crippen molar-refractivity contribution in [2.45, 2.75) is 72.1 Å². The zero-order valence-electron chi connectivity index (χ0n) is 17.5. The van der Waals surface area contributed by atoms with Crippen LogP contribution >= 0.6 is 0 Å². The summed E-state index contributed by atoms with van der Waals surface area (Å²) in [6, 6.07) is 7.49. The summed E-state index contributed by atoms with van der Waals surface area (Å²) >= 11 is 0. The van der Waals surface area contributed by atoms with Crippen molar-refractivity contribution >= 4 is 11.9 Å². The van der Waals surface area contributed by atoms with Crippen LogP contribution < -0.4 is 0 Å². The quantitative estimate of drug-likeness (QED) is 0.258. The molecule has 0 amide bonds. The third-order valence-corrected chi connectivity index (χ3v) is 4.15. The third-order valence-electron chi connectivity index (χ3n) is 4.15. The molecule has 1 aromatic carbocycles. The molecule has 0 aliphatic heterocycles. The fraction of sp³-hybridized carbons (Fsp3) is 0.619. The van der Waals surface area contributed by atoms with Crippen LogP contribution in [0.25, 0.3) is 0 Å². The number of nitro groups is 1. The number of esters is 2. The van der Waals surface area contributed by atoms with Gasteiger partial charge in [0.25, 0.3) is 0 Å². The highest BCUT2D eigenvalue weighted by Crippen LogP contribution is 2.35. The van der Waals surface area contributed by atoms with Crippen molar-refractivity contribution in [2.75, 3.05) is 0 Å². The number of nitrogens with zero attached hydrogens (tertiary/aromatic N) is 1. The van der Waals surface area contributed by atoms with Crippen LogP contribution in [0.2, 0.25) is 0 Å². The molecule has 28 heavy (non-hydrogen) atoms. The number of ether oxygens (including phenoxy) is 2. The van der Waals surface area contributed by atoms with Crippen LogP contribution in [0.15, 0.2) is 30.3 Å². The summed E-state index contributed by atoms with van der Waals surface area (Å²) in [6.45, 7) is 10.4. The lowest BCUT2D eigenvalue weighted by atomic mass is 9.77. The predicted octanol–water partition coefficient (Wildman–Crippen LogP) is 3.98. The maximum absolute atomic E-state index is 12.9. The molecule has 0 N–H and O–H groups in total. The Hall–Kier alpha value is -2.44. The summed E-state index contributed by atoms with van der Waals surface area (Å²) in [6.07, 6.45) is -0.706. The van der Waals surface area contributed by atoms with Gasteiger partial charge >= 0.3 is 11.9 Å². The van der Waals surface area contributed by atoms with Crippen LogP contribution in [0.4, 0.5) is 0 Å². The zero-order valence-corrected chi connectivity index (χ0v) is 17.5. The Morgan fingerprint density at radius 1 is 0.929 bits per heavy atom. The Labute approximate surface area is 166 Å². The van der Waals surface area contributed by atoms with E-state index in [1.165, 1.54) is 0 Å². The minimum Gasteiger partial charge on any atom is -0.462 e. The molecule has 2 atom stereocenters. The fourth-order valence-electron chi connectivity index (χ4n) is 3.16. The van der Waals surface area contributed by atoms with Crippen molar-refractivity contribution < 1.29 is 24.0 Å². The number of carbonyl (C=O) groups excluding carboxylic acids is 2. The topological polar surface area (TPSA) is 95.7 Å². The van der Waals surface area contributed by atoms with E-state index >= 15 is 0 Å². The van der Waals surface area contributed by atoms with Crippen LogP contribution in [0.3, 0.4) is 0 Å². The molecule has 7 nitrogen and oxygen atoms in total. The van der Waals surface area contributed by atoms with Gasteiger partial charge in [-0.15, -0.1) is 0 Å². The van der Waals surface area contributed by atoms with Gasteiger partial charge in [-0.2, -0.15) is 0 Å². The highest BCUT2D eigenvalue weighted by atomic mass is 16.6. The summed E-state index contributed by atoms with van der Waals surface area (Å²) < 4.78 is 10.6. The molecule has 0 aliphatic carbocycles. The van der Waals surface area contributed by atoms with Gasteiger partial charge in [0.1, 0.15) is 0 Å². The number of hydrogen-bond donors (Lipinski definition) is 0.